The first-order chi connectivity index (χ1) is 7.18. The van der Waals surface area contributed by atoms with Crippen LogP contribution in [0.15, 0.2) is 41.3 Å². The molecule has 0 bridgehead atoms. The van der Waals surface area contributed by atoms with E-state index < -0.39 is 0 Å². The van der Waals surface area contributed by atoms with Crippen molar-refractivity contribution in [3.8, 4) is 5.69 Å². The normalized spacial score (nSPS) is 10.3. The molecule has 0 saturated heterocycles. The van der Waals surface area contributed by atoms with Crippen LogP contribution in [0, 0.1) is 0 Å². The van der Waals surface area contributed by atoms with Gasteiger partial charge in [0.25, 0.3) is 0 Å². The van der Waals surface area contributed by atoms with Crippen molar-refractivity contribution in [2.24, 2.45) is 0 Å². The van der Waals surface area contributed by atoms with E-state index in [2.05, 4.69) is 20.9 Å². The Labute approximate surface area is 95.9 Å². The van der Waals surface area contributed by atoms with Gasteiger partial charge >= 0.3 is 0 Å². The fourth-order valence-electron chi connectivity index (χ4n) is 1.39. The number of carbonyl (C=O) groups excluding carboxylic acids is 1. The lowest BCUT2D eigenvalue weighted by atomic mass is 10.3. The van der Waals surface area contributed by atoms with Gasteiger partial charge in [0.05, 0.1) is 12.5 Å². The van der Waals surface area contributed by atoms with E-state index in [1.165, 1.54) is 6.92 Å². The number of hydrogen-bond donors (Lipinski definition) is 0. The third-order valence-electron chi connectivity index (χ3n) is 2.09. The molecule has 0 fully saturated rings. The van der Waals surface area contributed by atoms with Crippen molar-refractivity contribution < 1.29 is 4.79 Å². The van der Waals surface area contributed by atoms with Crippen LogP contribution in [0.25, 0.3) is 5.69 Å². The van der Waals surface area contributed by atoms with Crippen LogP contribution >= 0.6 is 15.9 Å². The number of benzene rings is 1. The number of ketones is 1. The highest BCUT2D eigenvalue weighted by Gasteiger charge is 2.08. The molecule has 15 heavy (non-hydrogen) atoms. The van der Waals surface area contributed by atoms with Gasteiger partial charge in [-0.15, -0.1) is 0 Å². The quantitative estimate of drug-likeness (QED) is 0.782. The molecule has 1 aromatic heterocycles. The van der Waals surface area contributed by atoms with Gasteiger partial charge in [-0.25, -0.2) is 4.98 Å². The third kappa shape index (κ3) is 1.99. The summed E-state index contributed by atoms with van der Waals surface area (Å²) in [6, 6.07) is 7.73. The lowest BCUT2D eigenvalue weighted by molar-refractivity contribution is 0.101. The molecule has 3 nitrogen and oxygen atoms in total. The van der Waals surface area contributed by atoms with Crippen molar-refractivity contribution in [1.29, 1.82) is 0 Å². The Kier molecular flexibility index (Phi) is 2.68. The second-order valence-corrected chi connectivity index (χ2v) is 4.10. The maximum absolute atomic E-state index is 11.3. The maximum Gasteiger partial charge on any atom is 0.178 e. The highest BCUT2D eigenvalue weighted by molar-refractivity contribution is 9.10. The van der Waals surface area contributed by atoms with Crippen molar-refractivity contribution in [3.63, 3.8) is 0 Å². The van der Waals surface area contributed by atoms with Crippen LogP contribution in [0.3, 0.4) is 0 Å². The fraction of sp³-hybridized carbons (Fsp3) is 0.0909. The Morgan fingerprint density at radius 3 is 2.93 bits per heavy atom. The lowest BCUT2D eigenvalue weighted by Gasteiger charge is -2.05. The van der Waals surface area contributed by atoms with Crippen LogP contribution in [0.4, 0.5) is 0 Å². The molecule has 0 aliphatic heterocycles. The first-order valence-electron chi connectivity index (χ1n) is 4.47. The molecule has 0 atom stereocenters. The summed E-state index contributed by atoms with van der Waals surface area (Å²) in [5.41, 5.74) is 1.51. The predicted octanol–water partition coefficient (Wildman–Crippen LogP) is 2.84. The van der Waals surface area contributed by atoms with Crippen LogP contribution in [-0.4, -0.2) is 15.3 Å². The number of carbonyl (C=O) groups is 1. The van der Waals surface area contributed by atoms with Gasteiger partial charge in [0, 0.05) is 17.1 Å². The smallest absolute Gasteiger partial charge is 0.178 e. The van der Waals surface area contributed by atoms with E-state index in [1.54, 1.807) is 17.1 Å². The average molecular weight is 265 g/mol. The van der Waals surface area contributed by atoms with E-state index in [4.69, 9.17) is 0 Å². The summed E-state index contributed by atoms with van der Waals surface area (Å²) in [5, 5.41) is 0. The number of nitrogens with zero attached hydrogens (tertiary/aromatic N) is 2. The molecule has 0 spiro atoms. The summed E-state index contributed by atoms with van der Waals surface area (Å²) < 4.78 is 2.75. The summed E-state index contributed by atoms with van der Waals surface area (Å²) in [6.45, 7) is 1.53. The molecule has 0 aliphatic rings. The number of hydrogen-bond acceptors (Lipinski definition) is 2. The molecule has 4 heteroatoms. The monoisotopic (exact) mass is 264 g/mol. The van der Waals surface area contributed by atoms with E-state index in [-0.39, 0.29) is 5.78 Å². The van der Waals surface area contributed by atoms with Gasteiger partial charge < -0.3 is 0 Å². The van der Waals surface area contributed by atoms with Gasteiger partial charge in [0.15, 0.2) is 5.78 Å². The van der Waals surface area contributed by atoms with Crippen LogP contribution in [0.1, 0.15) is 17.4 Å². The lowest BCUT2D eigenvalue weighted by Crippen LogP contribution is -2.02. The minimum atomic E-state index is 0.00692. The van der Waals surface area contributed by atoms with E-state index in [9.17, 15) is 4.79 Å². The van der Waals surface area contributed by atoms with Gasteiger partial charge in [-0.2, -0.15) is 0 Å². The Morgan fingerprint density at radius 1 is 1.47 bits per heavy atom. The van der Waals surface area contributed by atoms with Crippen molar-refractivity contribution in [3.05, 3.63) is 47.0 Å². The van der Waals surface area contributed by atoms with Gasteiger partial charge in [-0.05, 0) is 18.2 Å². The van der Waals surface area contributed by atoms with E-state index in [0.29, 0.717) is 5.69 Å². The van der Waals surface area contributed by atoms with E-state index in [0.717, 1.165) is 10.2 Å². The molecule has 0 N–H and O–H groups in total. The third-order valence-corrected chi connectivity index (χ3v) is 2.58. The average Bonchev–Trinajstić information content (AvgIpc) is 2.65. The molecule has 0 radical (unpaired) electrons. The van der Waals surface area contributed by atoms with Crippen LogP contribution < -0.4 is 0 Å². The van der Waals surface area contributed by atoms with E-state index in [1.807, 2.05) is 24.3 Å². The maximum atomic E-state index is 11.3. The second-order valence-electron chi connectivity index (χ2n) is 3.18. The minimum absolute atomic E-state index is 0.00692. The molecule has 2 aromatic rings. The zero-order valence-corrected chi connectivity index (χ0v) is 9.73. The summed E-state index contributed by atoms with van der Waals surface area (Å²) in [7, 11) is 0. The number of rotatable bonds is 2. The zero-order chi connectivity index (χ0) is 10.8. The highest BCUT2D eigenvalue weighted by Crippen LogP contribution is 2.17. The Balaban J connectivity index is 2.54. The topological polar surface area (TPSA) is 34.9 Å². The first-order valence-corrected chi connectivity index (χ1v) is 5.27. The van der Waals surface area contributed by atoms with Crippen LogP contribution in [0.5, 0.6) is 0 Å². The van der Waals surface area contributed by atoms with Gasteiger partial charge in [0.2, 0.25) is 0 Å². The molecule has 0 saturated carbocycles. The fourth-order valence-corrected chi connectivity index (χ4v) is 1.77. The highest BCUT2D eigenvalue weighted by atomic mass is 79.9. The molecule has 76 valence electrons. The summed E-state index contributed by atoms with van der Waals surface area (Å²) in [5.74, 6) is 0.00692. The number of halogens is 1. The number of imidazole rings is 1. The van der Waals surface area contributed by atoms with Gasteiger partial charge in [-0.1, -0.05) is 22.0 Å². The minimum Gasteiger partial charge on any atom is -0.296 e. The molecular weight excluding hydrogens is 256 g/mol. The van der Waals surface area contributed by atoms with Crippen molar-refractivity contribution >= 4 is 21.7 Å². The zero-order valence-electron chi connectivity index (χ0n) is 8.14. The summed E-state index contributed by atoms with van der Waals surface area (Å²) in [4.78, 5) is 15.3. The number of Topliss-reactive ketones (excluding diaryl/α,β-unsaturated/α-hetero) is 1. The molecule has 1 heterocycles. The van der Waals surface area contributed by atoms with Gasteiger partial charge in [0.1, 0.15) is 5.69 Å². The van der Waals surface area contributed by atoms with Crippen molar-refractivity contribution in [2.75, 3.05) is 0 Å². The van der Waals surface area contributed by atoms with Crippen LogP contribution in [0.2, 0.25) is 0 Å². The molecule has 0 amide bonds. The standard InChI is InChI=1S/C11H9BrN2O/c1-8(15)11-6-13-7-14(11)10-4-2-3-9(12)5-10/h2-7H,1H3. The SMILES string of the molecule is CC(=O)c1cncn1-c1cccc(Br)c1. The number of aromatic nitrogens is 2. The summed E-state index contributed by atoms with van der Waals surface area (Å²) in [6.07, 6.45) is 3.21. The molecule has 2 rings (SSSR count). The Hall–Kier alpha value is -1.42. The van der Waals surface area contributed by atoms with E-state index >= 15 is 0 Å². The molecular formula is C11H9BrN2O. The Bertz CT molecular complexity index is 505. The van der Waals surface area contributed by atoms with Crippen molar-refractivity contribution in [2.45, 2.75) is 6.92 Å². The van der Waals surface area contributed by atoms with Crippen LogP contribution in [-0.2, 0) is 0 Å². The predicted molar refractivity (Wildman–Crippen MR) is 61.3 cm³/mol. The molecule has 1 aromatic carbocycles. The largest absolute Gasteiger partial charge is 0.296 e. The van der Waals surface area contributed by atoms with Crippen molar-refractivity contribution in [1.82, 2.24) is 9.55 Å². The van der Waals surface area contributed by atoms with Gasteiger partial charge in [-0.3, -0.25) is 9.36 Å². The Morgan fingerprint density at radius 2 is 2.27 bits per heavy atom. The second kappa shape index (κ2) is 3.98. The molecule has 0 unspecified atom stereocenters. The summed E-state index contributed by atoms with van der Waals surface area (Å²) >= 11 is 3.39. The first kappa shape index (κ1) is 10.1. The molecule has 0 aliphatic carbocycles.